The van der Waals surface area contributed by atoms with Crippen LogP contribution in [0.5, 0.6) is 0 Å². The minimum absolute atomic E-state index is 1.10. The van der Waals surface area contributed by atoms with E-state index in [0.717, 1.165) is 45.5 Å². The Morgan fingerprint density at radius 1 is 0.153 bits per heavy atom. The SMILES string of the molecule is Cc1ccc2c(-c3ccc(-c4ccc(N(c5ccccc5)c5ccc(-n6c7ccccc7c7ccccc76)cc5)cc4)cc3)c3ccccc3c(-c3ccccc3)c2c1.Cc1ccc2c(-c3ccccc3)c3ccccc3c(-c3ccc(-c4ccc(N(c5ccccc5)c5ccc(-n6c7ccccc7c7ccccc76)cc5)cc4)cc3)c2c1. The maximum absolute atomic E-state index is 2.37. The Balaban J connectivity index is 0.000000147. The fourth-order valence-electron chi connectivity index (χ4n) is 18.3. The topological polar surface area (TPSA) is 16.3 Å². The van der Waals surface area contributed by atoms with Crippen molar-refractivity contribution in [1.82, 2.24) is 9.13 Å². The molecule has 20 aromatic carbocycles. The van der Waals surface area contributed by atoms with E-state index < -0.39 is 0 Å². The van der Waals surface area contributed by atoms with Crippen LogP contribution >= 0.6 is 0 Å². The summed E-state index contributed by atoms with van der Waals surface area (Å²) in [4.78, 5) is 4.67. The molecule has 2 heterocycles. The molecular weight excluding hydrogens is 1430 g/mol. The first-order chi connectivity index (χ1) is 58.4. The van der Waals surface area contributed by atoms with E-state index >= 15 is 0 Å². The number of para-hydroxylation sites is 6. The molecule has 0 saturated carbocycles. The van der Waals surface area contributed by atoms with Crippen LogP contribution in [0, 0.1) is 13.8 Å². The molecule has 0 aliphatic carbocycles. The van der Waals surface area contributed by atoms with Gasteiger partial charge >= 0.3 is 0 Å². The highest BCUT2D eigenvalue weighted by Crippen LogP contribution is 2.48. The lowest BCUT2D eigenvalue weighted by Crippen LogP contribution is -2.10. The number of hydrogen-bond acceptors (Lipinski definition) is 2. The minimum Gasteiger partial charge on any atom is -0.311 e. The molecule has 0 spiro atoms. The number of aromatic nitrogens is 2. The van der Waals surface area contributed by atoms with Crippen molar-refractivity contribution >= 4 is 121 Å². The average Bonchev–Trinajstić information content (AvgIpc) is 0.953. The molecule has 556 valence electrons. The van der Waals surface area contributed by atoms with Gasteiger partial charge in [-0.15, -0.1) is 0 Å². The van der Waals surface area contributed by atoms with Crippen LogP contribution in [0.1, 0.15) is 11.1 Å². The van der Waals surface area contributed by atoms with Crippen molar-refractivity contribution < 1.29 is 0 Å². The first-order valence-corrected chi connectivity index (χ1v) is 40.7. The summed E-state index contributed by atoms with van der Waals surface area (Å²) in [5, 5.41) is 15.3. The second-order valence-electron chi connectivity index (χ2n) is 30.8. The molecular formula is C114H80N4. The Hall–Kier alpha value is -15.4. The highest BCUT2D eigenvalue weighted by atomic mass is 15.1. The van der Waals surface area contributed by atoms with E-state index in [1.807, 2.05) is 0 Å². The number of anilines is 6. The zero-order valence-corrected chi connectivity index (χ0v) is 65.5. The Morgan fingerprint density at radius 2 is 0.356 bits per heavy atom. The molecule has 0 aliphatic rings. The van der Waals surface area contributed by atoms with Crippen LogP contribution in [0.25, 0.3) is 165 Å². The third kappa shape index (κ3) is 12.7. The van der Waals surface area contributed by atoms with Gasteiger partial charge < -0.3 is 18.9 Å². The first kappa shape index (κ1) is 70.5. The van der Waals surface area contributed by atoms with Crippen molar-refractivity contribution in [1.29, 1.82) is 0 Å². The van der Waals surface area contributed by atoms with Gasteiger partial charge in [-0.05, 0) is 245 Å². The van der Waals surface area contributed by atoms with Gasteiger partial charge in [0, 0.05) is 67.0 Å². The van der Waals surface area contributed by atoms with Crippen molar-refractivity contribution in [3.63, 3.8) is 0 Å². The maximum Gasteiger partial charge on any atom is 0.0541 e. The van der Waals surface area contributed by atoms with E-state index in [4.69, 9.17) is 0 Å². The van der Waals surface area contributed by atoms with Gasteiger partial charge in [-0.3, -0.25) is 0 Å². The van der Waals surface area contributed by atoms with Gasteiger partial charge in [0.05, 0.1) is 22.1 Å². The number of fused-ring (bicyclic) bond motifs is 10. The van der Waals surface area contributed by atoms with Crippen LogP contribution in [0.2, 0.25) is 0 Å². The van der Waals surface area contributed by atoms with E-state index in [1.54, 1.807) is 0 Å². The molecule has 22 rings (SSSR count). The van der Waals surface area contributed by atoms with Crippen molar-refractivity contribution in [3.05, 3.63) is 460 Å². The van der Waals surface area contributed by atoms with Gasteiger partial charge in [0.15, 0.2) is 0 Å². The summed E-state index contributed by atoms with van der Waals surface area (Å²) < 4.78 is 4.74. The third-order valence-electron chi connectivity index (χ3n) is 23.7. The van der Waals surface area contributed by atoms with E-state index in [0.29, 0.717) is 0 Å². The zero-order chi connectivity index (χ0) is 78.6. The Bertz CT molecular complexity index is 7380. The van der Waals surface area contributed by atoms with Gasteiger partial charge in [0.1, 0.15) is 0 Å². The molecule has 0 amide bonds. The molecule has 0 fully saturated rings. The molecule has 0 radical (unpaired) electrons. The maximum atomic E-state index is 2.37. The summed E-state index contributed by atoms with van der Waals surface area (Å²) in [7, 11) is 0. The third-order valence-corrected chi connectivity index (χ3v) is 23.7. The highest BCUT2D eigenvalue weighted by molar-refractivity contribution is 6.23. The van der Waals surface area contributed by atoms with E-state index in [9.17, 15) is 0 Å². The lowest BCUT2D eigenvalue weighted by molar-refractivity contribution is 1.17. The molecule has 0 aliphatic heterocycles. The Labute approximate surface area is 687 Å². The quantitative estimate of drug-likeness (QED) is 0.101. The molecule has 0 bridgehead atoms. The highest BCUT2D eigenvalue weighted by Gasteiger charge is 2.23. The Morgan fingerprint density at radius 3 is 0.653 bits per heavy atom. The summed E-state index contributed by atoms with van der Waals surface area (Å²) in [6.45, 7) is 4.38. The van der Waals surface area contributed by atoms with Crippen molar-refractivity contribution in [3.8, 4) is 78.1 Å². The smallest absolute Gasteiger partial charge is 0.0541 e. The van der Waals surface area contributed by atoms with Gasteiger partial charge in [0.2, 0.25) is 0 Å². The van der Waals surface area contributed by atoms with Crippen LogP contribution in [-0.2, 0) is 0 Å². The molecule has 4 heteroatoms. The molecule has 118 heavy (non-hydrogen) atoms. The van der Waals surface area contributed by atoms with Crippen LogP contribution in [-0.4, -0.2) is 9.13 Å². The minimum atomic E-state index is 1.10. The van der Waals surface area contributed by atoms with Gasteiger partial charge in [0.25, 0.3) is 0 Å². The molecule has 0 N–H and O–H groups in total. The summed E-state index contributed by atoms with van der Waals surface area (Å²) in [6, 6.07) is 163. The molecule has 0 saturated heterocycles. The standard InChI is InChI=1S/2C57H40N2/c1-39-24-37-52-53(38-39)57(42-14-4-2-5-15-42)51-21-9-8-20-50(51)56(52)43-27-25-40(26-28-43)41-29-31-45(32-30-41)58(44-16-6-3-7-17-44)46-33-35-47(36-34-46)59-54-22-12-10-18-48(54)49-19-11-13-23-55(49)59;1-39-24-37-52-53(38-39)57(51-21-9-8-20-50(51)56(52)42-14-4-2-5-15-42)43-27-25-40(26-28-43)41-29-31-45(32-30-41)58(44-16-6-3-7-17-44)46-33-35-47(36-34-46)59-54-22-12-10-18-48(54)49-19-11-13-23-55(49)59/h2*2-38H,1H3. The molecule has 0 unspecified atom stereocenters. The zero-order valence-electron chi connectivity index (χ0n) is 65.5. The summed E-state index contributed by atoms with van der Waals surface area (Å²) >= 11 is 0. The van der Waals surface area contributed by atoms with E-state index in [-0.39, 0.29) is 0 Å². The lowest BCUT2D eigenvalue weighted by atomic mass is 9.85. The van der Waals surface area contributed by atoms with Crippen LogP contribution in [0.3, 0.4) is 0 Å². The van der Waals surface area contributed by atoms with Crippen molar-refractivity contribution in [2.24, 2.45) is 0 Å². The largest absolute Gasteiger partial charge is 0.311 e. The second-order valence-corrected chi connectivity index (χ2v) is 30.8. The fraction of sp³-hybridized carbons (Fsp3) is 0.0175. The van der Waals surface area contributed by atoms with Gasteiger partial charge in [-0.1, -0.05) is 339 Å². The Kier molecular flexibility index (Phi) is 18.0. The van der Waals surface area contributed by atoms with Crippen molar-refractivity contribution in [2.75, 3.05) is 9.80 Å². The molecule has 0 atom stereocenters. The number of rotatable bonds is 14. The monoisotopic (exact) mass is 1500 g/mol. The van der Waals surface area contributed by atoms with E-state index in [1.165, 1.54) is 165 Å². The summed E-state index contributed by atoms with van der Waals surface area (Å²) in [5.74, 6) is 0. The molecule has 2 aromatic heterocycles. The lowest BCUT2D eigenvalue weighted by Gasteiger charge is -2.26. The predicted molar refractivity (Wildman–Crippen MR) is 503 cm³/mol. The van der Waals surface area contributed by atoms with Crippen LogP contribution in [0.15, 0.2) is 449 Å². The number of nitrogens with zero attached hydrogens (tertiary/aromatic N) is 4. The van der Waals surface area contributed by atoms with Crippen LogP contribution in [0.4, 0.5) is 34.1 Å². The van der Waals surface area contributed by atoms with E-state index in [2.05, 4.69) is 482 Å². The summed E-state index contributed by atoms with van der Waals surface area (Å²) in [6.07, 6.45) is 0. The van der Waals surface area contributed by atoms with Crippen molar-refractivity contribution in [2.45, 2.75) is 13.8 Å². The fourth-order valence-corrected chi connectivity index (χ4v) is 18.3. The number of hydrogen-bond donors (Lipinski definition) is 0. The summed E-state index contributed by atoms with van der Waals surface area (Å²) in [5.41, 5.74) is 31.1. The van der Waals surface area contributed by atoms with Gasteiger partial charge in [-0.25, -0.2) is 0 Å². The average molecular weight is 1510 g/mol. The number of aryl methyl sites for hydroxylation is 2. The molecule has 22 aromatic rings. The second kappa shape index (κ2) is 30.2. The molecule has 4 nitrogen and oxygen atoms in total. The van der Waals surface area contributed by atoms with Crippen LogP contribution < -0.4 is 9.80 Å². The predicted octanol–water partition coefficient (Wildman–Crippen LogP) is 31.7. The number of benzene rings is 20. The first-order valence-electron chi connectivity index (χ1n) is 40.7. The van der Waals surface area contributed by atoms with Gasteiger partial charge in [-0.2, -0.15) is 0 Å². The normalized spacial score (nSPS) is 11.5.